The average molecular weight is 347 g/mol. The smallest absolute Gasteiger partial charge is 0.537 e. The van der Waals surface area contributed by atoms with Gasteiger partial charge in [-0.15, -0.1) is 0 Å². The third-order valence-electron chi connectivity index (χ3n) is 5.12. The number of hydrogen-bond acceptors (Lipinski definition) is 2. The fourth-order valence-electron chi connectivity index (χ4n) is 3.94. The summed E-state index contributed by atoms with van der Waals surface area (Å²) in [5.74, 6) is 0.641. The molecule has 0 saturated carbocycles. The van der Waals surface area contributed by atoms with E-state index in [1.165, 1.54) is 27.1 Å². The van der Waals surface area contributed by atoms with Crippen molar-refractivity contribution in [2.24, 2.45) is 0 Å². The van der Waals surface area contributed by atoms with Gasteiger partial charge in [0.15, 0.2) is 0 Å². The standard InChI is InChI=1S/C24H16BO2/c26-25-27-24-14-13-21(19-10-5-6-12-22(19)24)23-15-16-7-1-2-8-17(16)18-9-3-4-11-20(18)23/h1-15,26H. The van der Waals surface area contributed by atoms with Gasteiger partial charge in [-0.3, -0.25) is 0 Å². The van der Waals surface area contributed by atoms with Crippen LogP contribution >= 0.6 is 0 Å². The molecule has 0 unspecified atom stereocenters. The molecule has 0 atom stereocenters. The molecule has 0 fully saturated rings. The van der Waals surface area contributed by atoms with Crippen molar-refractivity contribution in [3.63, 3.8) is 0 Å². The summed E-state index contributed by atoms with van der Waals surface area (Å²) in [4.78, 5) is 0. The summed E-state index contributed by atoms with van der Waals surface area (Å²) in [6.07, 6.45) is 0. The minimum atomic E-state index is 0.641. The highest BCUT2D eigenvalue weighted by Gasteiger charge is 2.13. The quantitative estimate of drug-likeness (QED) is 0.334. The Morgan fingerprint density at radius 2 is 1.15 bits per heavy atom. The first kappa shape index (κ1) is 15.9. The molecule has 0 aliphatic heterocycles. The number of rotatable bonds is 3. The van der Waals surface area contributed by atoms with E-state index in [0.717, 1.165) is 24.0 Å². The molecule has 127 valence electrons. The van der Waals surface area contributed by atoms with Crippen LogP contribution in [0.25, 0.3) is 43.4 Å². The summed E-state index contributed by atoms with van der Waals surface area (Å²) in [5.41, 5.74) is 2.35. The van der Waals surface area contributed by atoms with Crippen molar-refractivity contribution >= 4 is 40.0 Å². The first-order valence-corrected chi connectivity index (χ1v) is 8.92. The maximum Gasteiger partial charge on any atom is 0.569 e. The van der Waals surface area contributed by atoms with E-state index in [9.17, 15) is 0 Å². The van der Waals surface area contributed by atoms with Gasteiger partial charge in [-0.2, -0.15) is 0 Å². The average Bonchev–Trinajstić information content (AvgIpc) is 2.74. The van der Waals surface area contributed by atoms with Crippen LogP contribution in [0.2, 0.25) is 0 Å². The molecule has 0 aliphatic carbocycles. The van der Waals surface area contributed by atoms with Crippen molar-refractivity contribution in [2.75, 3.05) is 0 Å². The highest BCUT2D eigenvalue weighted by atomic mass is 16.5. The van der Waals surface area contributed by atoms with Crippen LogP contribution < -0.4 is 4.65 Å². The van der Waals surface area contributed by atoms with Crippen molar-refractivity contribution in [3.8, 4) is 16.9 Å². The molecule has 27 heavy (non-hydrogen) atoms. The van der Waals surface area contributed by atoms with Crippen molar-refractivity contribution in [2.45, 2.75) is 0 Å². The third-order valence-corrected chi connectivity index (χ3v) is 5.12. The summed E-state index contributed by atoms with van der Waals surface area (Å²) in [7, 11) is 0.729. The van der Waals surface area contributed by atoms with Crippen LogP contribution in [0.1, 0.15) is 0 Å². The van der Waals surface area contributed by atoms with E-state index in [2.05, 4.69) is 66.7 Å². The Bertz CT molecular complexity index is 1290. The lowest BCUT2D eigenvalue weighted by Crippen LogP contribution is -2.00. The van der Waals surface area contributed by atoms with Gasteiger partial charge in [0, 0.05) is 5.39 Å². The van der Waals surface area contributed by atoms with E-state index >= 15 is 0 Å². The largest absolute Gasteiger partial charge is 0.569 e. The van der Waals surface area contributed by atoms with E-state index in [0.29, 0.717) is 5.75 Å². The zero-order chi connectivity index (χ0) is 18.2. The van der Waals surface area contributed by atoms with Crippen molar-refractivity contribution in [1.29, 1.82) is 0 Å². The summed E-state index contributed by atoms with van der Waals surface area (Å²) >= 11 is 0. The van der Waals surface area contributed by atoms with Gasteiger partial charge >= 0.3 is 7.69 Å². The Morgan fingerprint density at radius 3 is 1.89 bits per heavy atom. The van der Waals surface area contributed by atoms with Crippen LogP contribution in [0.3, 0.4) is 0 Å². The Morgan fingerprint density at radius 1 is 0.556 bits per heavy atom. The summed E-state index contributed by atoms with van der Waals surface area (Å²) in [6, 6.07) is 31.4. The minimum absolute atomic E-state index is 0.641. The molecule has 0 spiro atoms. The van der Waals surface area contributed by atoms with Gasteiger partial charge < -0.3 is 9.68 Å². The van der Waals surface area contributed by atoms with E-state index in [1.807, 2.05) is 24.3 Å². The third kappa shape index (κ3) is 2.56. The lowest BCUT2D eigenvalue weighted by atomic mass is 9.90. The van der Waals surface area contributed by atoms with Crippen molar-refractivity contribution in [3.05, 3.63) is 91.0 Å². The summed E-state index contributed by atoms with van der Waals surface area (Å²) < 4.78 is 5.30. The molecule has 5 rings (SSSR count). The second-order valence-electron chi connectivity index (χ2n) is 6.57. The van der Waals surface area contributed by atoms with Crippen molar-refractivity contribution in [1.82, 2.24) is 0 Å². The molecular weight excluding hydrogens is 331 g/mol. The van der Waals surface area contributed by atoms with Gasteiger partial charge in [0.2, 0.25) is 0 Å². The highest BCUT2D eigenvalue weighted by molar-refractivity contribution is 6.19. The normalized spacial score (nSPS) is 11.1. The van der Waals surface area contributed by atoms with Crippen LogP contribution in [0.15, 0.2) is 91.0 Å². The second kappa shape index (κ2) is 6.46. The van der Waals surface area contributed by atoms with Gasteiger partial charge in [0.1, 0.15) is 5.75 Å². The zero-order valence-corrected chi connectivity index (χ0v) is 14.6. The molecule has 5 aromatic rings. The lowest BCUT2D eigenvalue weighted by Gasteiger charge is -2.15. The molecule has 2 nitrogen and oxygen atoms in total. The fourth-order valence-corrected chi connectivity index (χ4v) is 3.94. The van der Waals surface area contributed by atoms with Crippen LogP contribution in [0, 0.1) is 0 Å². The molecule has 0 bridgehead atoms. The molecule has 0 aromatic heterocycles. The maximum absolute atomic E-state index is 9.08. The summed E-state index contributed by atoms with van der Waals surface area (Å²) in [6.45, 7) is 0. The van der Waals surface area contributed by atoms with Crippen molar-refractivity contribution < 1.29 is 9.68 Å². The predicted molar refractivity (Wildman–Crippen MR) is 113 cm³/mol. The van der Waals surface area contributed by atoms with Crippen LogP contribution in [-0.2, 0) is 0 Å². The molecule has 1 N–H and O–H groups in total. The Labute approximate surface area is 157 Å². The molecule has 0 saturated heterocycles. The SMILES string of the molecule is O[B]Oc1ccc(-c2cc3ccccc3c3ccccc23)c2ccccc12. The van der Waals surface area contributed by atoms with E-state index in [4.69, 9.17) is 9.68 Å². The molecule has 5 aromatic carbocycles. The van der Waals surface area contributed by atoms with Crippen LogP contribution in [0.4, 0.5) is 0 Å². The van der Waals surface area contributed by atoms with Crippen LogP contribution in [0.5, 0.6) is 5.75 Å². The second-order valence-corrected chi connectivity index (χ2v) is 6.57. The fraction of sp³-hybridized carbons (Fsp3) is 0. The number of fused-ring (bicyclic) bond motifs is 4. The Balaban J connectivity index is 1.90. The first-order chi connectivity index (χ1) is 13.4. The van der Waals surface area contributed by atoms with Crippen LogP contribution in [-0.4, -0.2) is 12.7 Å². The molecule has 0 aliphatic rings. The van der Waals surface area contributed by atoms with Gasteiger partial charge in [-0.1, -0.05) is 78.9 Å². The first-order valence-electron chi connectivity index (χ1n) is 8.92. The topological polar surface area (TPSA) is 29.5 Å². The zero-order valence-electron chi connectivity index (χ0n) is 14.6. The highest BCUT2D eigenvalue weighted by Crippen LogP contribution is 2.40. The summed E-state index contributed by atoms with van der Waals surface area (Å²) in [5, 5.41) is 16.1. The maximum atomic E-state index is 9.08. The Kier molecular flexibility index (Phi) is 3.81. The Hall–Kier alpha value is -3.30. The van der Waals surface area contributed by atoms with E-state index in [1.54, 1.807) is 0 Å². The van der Waals surface area contributed by atoms with Gasteiger partial charge in [0.25, 0.3) is 0 Å². The monoisotopic (exact) mass is 347 g/mol. The minimum Gasteiger partial charge on any atom is -0.537 e. The molecule has 1 radical (unpaired) electrons. The molecule has 3 heteroatoms. The molecule has 0 heterocycles. The van der Waals surface area contributed by atoms with E-state index < -0.39 is 0 Å². The van der Waals surface area contributed by atoms with Gasteiger partial charge in [0.05, 0.1) is 0 Å². The molecule has 0 amide bonds. The molecular formula is C24H16BO2. The number of hydrogen-bond donors (Lipinski definition) is 1. The van der Waals surface area contributed by atoms with E-state index in [-0.39, 0.29) is 0 Å². The van der Waals surface area contributed by atoms with Gasteiger partial charge in [-0.25, -0.2) is 0 Å². The predicted octanol–water partition coefficient (Wildman–Crippen LogP) is 5.72. The lowest BCUT2D eigenvalue weighted by molar-refractivity contribution is 0.457. The number of benzene rings is 5. The van der Waals surface area contributed by atoms with Gasteiger partial charge in [-0.05, 0) is 50.2 Å².